The summed E-state index contributed by atoms with van der Waals surface area (Å²) in [5.74, 6) is 2.49. The Morgan fingerprint density at radius 3 is 2.68 bits per heavy atom. The zero-order valence-corrected chi connectivity index (χ0v) is 21.2. The molecule has 4 heterocycles. The highest BCUT2D eigenvalue weighted by Crippen LogP contribution is 2.33. The van der Waals surface area contributed by atoms with Gasteiger partial charge in [-0.3, -0.25) is 0 Å². The van der Waals surface area contributed by atoms with Gasteiger partial charge in [-0.2, -0.15) is 0 Å². The van der Waals surface area contributed by atoms with Crippen molar-refractivity contribution in [1.82, 2.24) is 15.1 Å². The molecule has 1 aliphatic heterocycles. The second-order valence-electron chi connectivity index (χ2n) is 9.16. The van der Waals surface area contributed by atoms with Crippen LogP contribution in [0.5, 0.6) is 5.75 Å². The van der Waals surface area contributed by atoms with E-state index in [2.05, 4.69) is 33.3 Å². The van der Waals surface area contributed by atoms with Crippen molar-refractivity contribution >= 4 is 34.3 Å². The number of hydrogen-bond donors (Lipinski definition) is 1. The maximum absolute atomic E-state index is 10.7. The minimum Gasteiger partial charge on any atom is -0.490 e. The molecule has 3 N–H and O–H groups in total. The summed E-state index contributed by atoms with van der Waals surface area (Å²) in [4.78, 5) is 2.31. The van der Waals surface area contributed by atoms with E-state index in [1.54, 1.807) is 13.2 Å². The molecule has 1 saturated heterocycles. The molecule has 0 radical (unpaired) electrons. The Kier molecular flexibility index (Phi) is 8.19. The molecule has 2 aromatic carbocycles. The van der Waals surface area contributed by atoms with Gasteiger partial charge in [-0.15, -0.1) is 22.6 Å². The SMILES string of the molecule is Cc1nnc(-c2cc3c(OC[C@@H](O)CN4CCC(c5ccc6occc6c5)CC4)cccc3o2)o1.Cl.O. The van der Waals surface area contributed by atoms with Crippen molar-refractivity contribution in [2.24, 2.45) is 0 Å². The minimum atomic E-state index is -0.589. The molecule has 0 aliphatic carbocycles. The number of ether oxygens (including phenoxy) is 1. The summed E-state index contributed by atoms with van der Waals surface area (Å²) in [5, 5.41) is 20.5. The van der Waals surface area contributed by atoms with E-state index in [0.29, 0.717) is 41.3 Å². The molecular formula is C27H30ClN3O6. The quantitative estimate of drug-likeness (QED) is 0.321. The fourth-order valence-electron chi connectivity index (χ4n) is 4.89. The summed E-state index contributed by atoms with van der Waals surface area (Å²) in [6, 6.07) is 15.9. The third-order valence-corrected chi connectivity index (χ3v) is 6.69. The molecule has 0 saturated carbocycles. The molecule has 10 heteroatoms. The Bertz CT molecular complexity index is 1450. The molecule has 0 bridgehead atoms. The van der Waals surface area contributed by atoms with E-state index in [0.717, 1.165) is 42.3 Å². The van der Waals surface area contributed by atoms with E-state index in [1.807, 2.05) is 30.3 Å². The monoisotopic (exact) mass is 527 g/mol. The summed E-state index contributed by atoms with van der Waals surface area (Å²) in [6.07, 6.45) is 3.29. The van der Waals surface area contributed by atoms with Crippen LogP contribution in [-0.4, -0.2) is 58.0 Å². The molecule has 9 nitrogen and oxygen atoms in total. The summed E-state index contributed by atoms with van der Waals surface area (Å²) in [5.41, 5.74) is 2.96. The van der Waals surface area contributed by atoms with Gasteiger partial charge in [0, 0.05) is 24.9 Å². The summed E-state index contributed by atoms with van der Waals surface area (Å²) in [6.45, 7) is 4.43. The van der Waals surface area contributed by atoms with Gasteiger partial charge in [0.05, 0.1) is 11.6 Å². The maximum atomic E-state index is 10.7. The van der Waals surface area contributed by atoms with Gasteiger partial charge in [0.15, 0.2) is 5.76 Å². The molecule has 1 fully saturated rings. The highest BCUT2D eigenvalue weighted by molar-refractivity contribution is 5.87. The van der Waals surface area contributed by atoms with Gasteiger partial charge in [-0.05, 0) is 67.7 Å². The van der Waals surface area contributed by atoms with Crippen LogP contribution in [0.25, 0.3) is 33.6 Å². The second kappa shape index (κ2) is 11.4. The van der Waals surface area contributed by atoms with Crippen molar-refractivity contribution in [3.05, 3.63) is 66.2 Å². The van der Waals surface area contributed by atoms with Crippen LogP contribution >= 0.6 is 12.4 Å². The van der Waals surface area contributed by atoms with Crippen LogP contribution in [0.2, 0.25) is 0 Å². The van der Waals surface area contributed by atoms with Crippen molar-refractivity contribution in [3.63, 3.8) is 0 Å². The molecule has 6 rings (SSSR count). The van der Waals surface area contributed by atoms with Crippen LogP contribution in [0.4, 0.5) is 0 Å². The number of β-amino-alcohol motifs (C(OH)–C–C–N with tert-alkyl or cyclic N) is 1. The molecule has 0 unspecified atom stereocenters. The van der Waals surface area contributed by atoms with Crippen LogP contribution in [0.1, 0.15) is 30.2 Å². The Hall–Kier alpha value is -3.37. The molecule has 196 valence electrons. The first-order valence-electron chi connectivity index (χ1n) is 12.0. The van der Waals surface area contributed by atoms with Crippen LogP contribution in [0.3, 0.4) is 0 Å². The number of nitrogens with zero attached hydrogens (tertiary/aromatic N) is 3. The number of fused-ring (bicyclic) bond motifs is 2. The Balaban J connectivity index is 0.00000160. The lowest BCUT2D eigenvalue weighted by Gasteiger charge is -2.33. The number of halogens is 1. The van der Waals surface area contributed by atoms with Crippen molar-refractivity contribution in [2.75, 3.05) is 26.2 Å². The number of aryl methyl sites for hydroxylation is 1. The Morgan fingerprint density at radius 2 is 1.89 bits per heavy atom. The highest BCUT2D eigenvalue weighted by Gasteiger charge is 2.23. The Labute approximate surface area is 219 Å². The van der Waals surface area contributed by atoms with E-state index in [-0.39, 0.29) is 24.5 Å². The first-order valence-corrected chi connectivity index (χ1v) is 12.0. The van der Waals surface area contributed by atoms with Gasteiger partial charge in [0.2, 0.25) is 5.89 Å². The topological polar surface area (TPSA) is 129 Å². The lowest BCUT2D eigenvalue weighted by molar-refractivity contribution is 0.0599. The van der Waals surface area contributed by atoms with Crippen LogP contribution in [-0.2, 0) is 0 Å². The number of piperidine rings is 1. The van der Waals surface area contributed by atoms with Gasteiger partial charge < -0.3 is 33.5 Å². The lowest BCUT2D eigenvalue weighted by Crippen LogP contribution is -2.40. The number of aliphatic hydroxyl groups excluding tert-OH is 1. The molecular weight excluding hydrogens is 498 g/mol. The smallest absolute Gasteiger partial charge is 0.283 e. The average molecular weight is 528 g/mol. The number of aromatic nitrogens is 2. The molecule has 0 spiro atoms. The zero-order chi connectivity index (χ0) is 23.8. The zero-order valence-electron chi connectivity index (χ0n) is 20.4. The van der Waals surface area contributed by atoms with E-state index in [9.17, 15) is 5.11 Å². The van der Waals surface area contributed by atoms with Gasteiger partial charge in [-0.1, -0.05) is 12.1 Å². The van der Waals surface area contributed by atoms with Crippen molar-refractivity contribution < 1.29 is 28.6 Å². The largest absolute Gasteiger partial charge is 0.490 e. The van der Waals surface area contributed by atoms with E-state index >= 15 is 0 Å². The fourth-order valence-corrected chi connectivity index (χ4v) is 4.89. The Morgan fingerprint density at radius 1 is 1.05 bits per heavy atom. The highest BCUT2D eigenvalue weighted by atomic mass is 35.5. The second-order valence-corrected chi connectivity index (χ2v) is 9.16. The third kappa shape index (κ3) is 5.65. The number of likely N-dealkylation sites (tertiary alicyclic amines) is 1. The normalized spacial score (nSPS) is 15.4. The standard InChI is InChI=1S/C27H27N3O5.ClH.H2O/c1-17-28-29-27(34-17)26-14-22-24(3-2-4-25(22)35-26)33-16-21(31)15-30-10-7-18(8-11-30)19-5-6-23-20(13-19)9-12-32-23;;/h2-6,9,12-14,18,21,31H,7-8,10-11,15-16H2,1H3;1H;1H2/t21-;;/m0../s1. The van der Waals surface area contributed by atoms with Gasteiger partial charge in [0.25, 0.3) is 5.89 Å². The van der Waals surface area contributed by atoms with Gasteiger partial charge >= 0.3 is 0 Å². The van der Waals surface area contributed by atoms with E-state index in [4.69, 9.17) is 18.0 Å². The summed E-state index contributed by atoms with van der Waals surface area (Å²) < 4.78 is 22.8. The number of rotatable bonds is 7. The number of benzene rings is 2. The van der Waals surface area contributed by atoms with Crippen molar-refractivity contribution in [3.8, 4) is 17.4 Å². The summed E-state index contributed by atoms with van der Waals surface area (Å²) >= 11 is 0. The fraction of sp³-hybridized carbons (Fsp3) is 0.333. The van der Waals surface area contributed by atoms with E-state index < -0.39 is 6.10 Å². The first kappa shape index (κ1) is 26.7. The minimum absolute atomic E-state index is 0. The molecule has 3 aromatic heterocycles. The first-order chi connectivity index (χ1) is 17.1. The molecule has 37 heavy (non-hydrogen) atoms. The van der Waals surface area contributed by atoms with Crippen molar-refractivity contribution in [2.45, 2.75) is 31.8 Å². The maximum Gasteiger partial charge on any atom is 0.283 e. The molecule has 1 atom stereocenters. The average Bonchev–Trinajstić information content (AvgIpc) is 3.62. The van der Waals surface area contributed by atoms with Crippen LogP contribution < -0.4 is 4.74 Å². The summed E-state index contributed by atoms with van der Waals surface area (Å²) in [7, 11) is 0. The van der Waals surface area contributed by atoms with E-state index in [1.165, 1.54) is 5.56 Å². The molecule has 5 aromatic rings. The molecule has 0 amide bonds. The lowest BCUT2D eigenvalue weighted by atomic mass is 9.89. The number of hydrogen-bond acceptors (Lipinski definition) is 8. The van der Waals surface area contributed by atoms with Gasteiger partial charge in [-0.25, -0.2) is 0 Å². The number of aliphatic hydroxyl groups is 1. The van der Waals surface area contributed by atoms with Gasteiger partial charge in [0.1, 0.15) is 29.6 Å². The van der Waals surface area contributed by atoms with Crippen LogP contribution in [0.15, 0.2) is 68.0 Å². The predicted octanol–water partition coefficient (Wildman–Crippen LogP) is 4.75. The third-order valence-electron chi connectivity index (χ3n) is 6.69. The van der Waals surface area contributed by atoms with Crippen LogP contribution in [0, 0.1) is 6.92 Å². The molecule has 1 aliphatic rings. The van der Waals surface area contributed by atoms with Crippen molar-refractivity contribution in [1.29, 1.82) is 0 Å². The predicted molar refractivity (Wildman–Crippen MR) is 141 cm³/mol. The number of furan rings is 2.